The Morgan fingerprint density at radius 3 is 2.67 bits per heavy atom. The highest BCUT2D eigenvalue weighted by atomic mass is 32.1. The van der Waals surface area contributed by atoms with Crippen LogP contribution in [0.3, 0.4) is 0 Å². The molecular weight excluding hydrogens is 242 g/mol. The second-order valence-electron chi connectivity index (χ2n) is 5.05. The number of hydrogen-bond donors (Lipinski definition) is 1. The maximum absolute atomic E-state index is 4.79. The van der Waals surface area contributed by atoms with Gasteiger partial charge in [0.25, 0.3) is 0 Å². The molecule has 1 saturated carbocycles. The van der Waals surface area contributed by atoms with Crippen LogP contribution in [0.1, 0.15) is 48.4 Å². The minimum atomic E-state index is 0.592. The number of aromatic nitrogens is 2. The number of thiophene rings is 1. The second-order valence-corrected chi connectivity index (χ2v) is 6.26. The largest absolute Gasteiger partial charge is 0.370 e. The molecule has 0 spiro atoms. The zero-order chi connectivity index (χ0) is 12.7. The van der Waals surface area contributed by atoms with Gasteiger partial charge in [0.2, 0.25) is 0 Å². The monoisotopic (exact) mass is 261 g/mol. The molecule has 2 aromatic heterocycles. The standard InChI is InChI=1S/C14H19N3S/c1-4-15-13-11-8(2)9(3)18-14(11)17-12(16-13)10-6-5-7-10/h10H,4-7H2,1-3H3,(H,15,16,17). The summed E-state index contributed by atoms with van der Waals surface area (Å²) in [5.74, 6) is 2.67. The zero-order valence-corrected chi connectivity index (χ0v) is 12.0. The Bertz CT molecular complexity index is 584. The van der Waals surface area contributed by atoms with Crippen molar-refractivity contribution in [2.75, 3.05) is 11.9 Å². The number of fused-ring (bicyclic) bond motifs is 1. The summed E-state index contributed by atoms with van der Waals surface area (Å²) in [6.45, 7) is 7.36. The van der Waals surface area contributed by atoms with Gasteiger partial charge in [0.1, 0.15) is 16.5 Å². The summed E-state index contributed by atoms with van der Waals surface area (Å²) in [6, 6.07) is 0. The van der Waals surface area contributed by atoms with Crippen molar-refractivity contribution in [2.24, 2.45) is 0 Å². The molecular formula is C14H19N3S. The Labute approximate surface area is 112 Å². The van der Waals surface area contributed by atoms with Crippen LogP contribution in [-0.2, 0) is 0 Å². The average Bonchev–Trinajstić information content (AvgIpc) is 2.53. The van der Waals surface area contributed by atoms with Crippen LogP contribution in [0.4, 0.5) is 5.82 Å². The third kappa shape index (κ3) is 1.79. The molecule has 0 bridgehead atoms. The smallest absolute Gasteiger partial charge is 0.138 e. The predicted molar refractivity (Wildman–Crippen MR) is 77.6 cm³/mol. The quantitative estimate of drug-likeness (QED) is 0.907. The molecule has 0 unspecified atom stereocenters. The summed E-state index contributed by atoms with van der Waals surface area (Å²) in [7, 11) is 0. The molecule has 3 nitrogen and oxygen atoms in total. The lowest BCUT2D eigenvalue weighted by Gasteiger charge is -2.24. The van der Waals surface area contributed by atoms with Crippen molar-refractivity contribution in [3.8, 4) is 0 Å². The molecule has 1 fully saturated rings. The molecule has 0 saturated heterocycles. The molecule has 3 rings (SSSR count). The van der Waals surface area contributed by atoms with E-state index in [4.69, 9.17) is 9.97 Å². The van der Waals surface area contributed by atoms with Gasteiger partial charge in [-0.3, -0.25) is 0 Å². The molecule has 2 aromatic rings. The van der Waals surface area contributed by atoms with Crippen LogP contribution < -0.4 is 5.32 Å². The van der Waals surface area contributed by atoms with Crippen LogP contribution in [0.15, 0.2) is 0 Å². The third-order valence-electron chi connectivity index (χ3n) is 3.86. The van der Waals surface area contributed by atoms with E-state index in [9.17, 15) is 0 Å². The molecule has 0 atom stereocenters. The molecule has 1 aliphatic rings. The molecule has 4 heteroatoms. The van der Waals surface area contributed by atoms with Gasteiger partial charge in [-0.15, -0.1) is 11.3 Å². The van der Waals surface area contributed by atoms with Crippen LogP contribution in [0, 0.1) is 13.8 Å². The van der Waals surface area contributed by atoms with Crippen molar-refractivity contribution in [1.82, 2.24) is 9.97 Å². The van der Waals surface area contributed by atoms with Crippen LogP contribution in [-0.4, -0.2) is 16.5 Å². The maximum Gasteiger partial charge on any atom is 0.138 e. The number of rotatable bonds is 3. The van der Waals surface area contributed by atoms with Crippen molar-refractivity contribution < 1.29 is 0 Å². The normalized spacial score (nSPS) is 15.9. The topological polar surface area (TPSA) is 37.8 Å². The minimum absolute atomic E-state index is 0.592. The van der Waals surface area contributed by atoms with Gasteiger partial charge in [-0.1, -0.05) is 6.42 Å². The summed E-state index contributed by atoms with van der Waals surface area (Å²) in [4.78, 5) is 12.1. The first kappa shape index (κ1) is 11.9. The summed E-state index contributed by atoms with van der Waals surface area (Å²) in [6.07, 6.45) is 3.83. The molecule has 1 aliphatic carbocycles. The molecule has 0 amide bonds. The van der Waals surface area contributed by atoms with E-state index in [1.54, 1.807) is 11.3 Å². The first-order valence-corrected chi connectivity index (χ1v) is 7.54. The number of anilines is 1. The second kappa shape index (κ2) is 4.50. The fourth-order valence-corrected chi connectivity index (χ4v) is 3.45. The Hall–Kier alpha value is -1.16. The Kier molecular flexibility index (Phi) is 2.98. The molecule has 0 radical (unpaired) electrons. The first-order chi connectivity index (χ1) is 8.70. The lowest BCUT2D eigenvalue weighted by molar-refractivity contribution is 0.403. The van der Waals surface area contributed by atoms with Crippen LogP contribution in [0.5, 0.6) is 0 Å². The van der Waals surface area contributed by atoms with Gasteiger partial charge in [0, 0.05) is 17.3 Å². The van der Waals surface area contributed by atoms with E-state index < -0.39 is 0 Å². The Balaban J connectivity index is 2.17. The predicted octanol–water partition coefficient (Wildman–Crippen LogP) is 4.01. The summed E-state index contributed by atoms with van der Waals surface area (Å²) >= 11 is 1.79. The number of hydrogen-bond acceptors (Lipinski definition) is 4. The lowest BCUT2D eigenvalue weighted by atomic mass is 9.85. The van der Waals surface area contributed by atoms with Crippen LogP contribution >= 0.6 is 11.3 Å². The van der Waals surface area contributed by atoms with Crippen molar-refractivity contribution in [3.63, 3.8) is 0 Å². The Morgan fingerprint density at radius 2 is 2.06 bits per heavy atom. The van der Waals surface area contributed by atoms with Crippen molar-refractivity contribution in [1.29, 1.82) is 0 Å². The van der Waals surface area contributed by atoms with Gasteiger partial charge >= 0.3 is 0 Å². The van der Waals surface area contributed by atoms with Gasteiger partial charge in [-0.2, -0.15) is 0 Å². The molecule has 18 heavy (non-hydrogen) atoms. The minimum Gasteiger partial charge on any atom is -0.370 e. The maximum atomic E-state index is 4.79. The molecule has 1 N–H and O–H groups in total. The summed E-state index contributed by atoms with van der Waals surface area (Å²) in [5, 5.41) is 4.63. The van der Waals surface area contributed by atoms with Gasteiger partial charge < -0.3 is 5.32 Å². The number of aryl methyl sites for hydroxylation is 2. The highest BCUT2D eigenvalue weighted by Crippen LogP contribution is 2.39. The summed E-state index contributed by atoms with van der Waals surface area (Å²) in [5.41, 5.74) is 1.33. The van der Waals surface area contributed by atoms with Crippen molar-refractivity contribution >= 4 is 27.4 Å². The fourth-order valence-electron chi connectivity index (χ4n) is 2.41. The van der Waals surface area contributed by atoms with Gasteiger partial charge in [-0.05, 0) is 39.2 Å². The van der Waals surface area contributed by atoms with Gasteiger partial charge in [-0.25, -0.2) is 9.97 Å². The lowest BCUT2D eigenvalue weighted by Crippen LogP contribution is -2.14. The van der Waals surface area contributed by atoms with E-state index in [-0.39, 0.29) is 0 Å². The van der Waals surface area contributed by atoms with Crippen LogP contribution in [0.2, 0.25) is 0 Å². The van der Waals surface area contributed by atoms with Crippen molar-refractivity contribution in [2.45, 2.75) is 46.0 Å². The SMILES string of the molecule is CCNc1nc(C2CCC2)nc2sc(C)c(C)c12. The Morgan fingerprint density at radius 1 is 1.28 bits per heavy atom. The molecule has 2 heterocycles. The number of nitrogens with zero attached hydrogens (tertiary/aromatic N) is 2. The van der Waals surface area contributed by atoms with Gasteiger partial charge in [0.05, 0.1) is 5.39 Å². The van der Waals surface area contributed by atoms with E-state index >= 15 is 0 Å². The zero-order valence-electron chi connectivity index (χ0n) is 11.2. The van der Waals surface area contributed by atoms with Gasteiger partial charge in [0.15, 0.2) is 0 Å². The number of nitrogens with one attached hydrogen (secondary N) is 1. The molecule has 96 valence electrons. The fraction of sp³-hybridized carbons (Fsp3) is 0.571. The molecule has 0 aliphatic heterocycles. The molecule has 0 aromatic carbocycles. The van der Waals surface area contributed by atoms with E-state index in [2.05, 4.69) is 26.1 Å². The average molecular weight is 261 g/mol. The van der Waals surface area contributed by atoms with E-state index in [0.717, 1.165) is 23.0 Å². The van der Waals surface area contributed by atoms with E-state index in [1.807, 2.05) is 0 Å². The highest BCUT2D eigenvalue weighted by Gasteiger charge is 2.24. The third-order valence-corrected chi connectivity index (χ3v) is 4.96. The van der Waals surface area contributed by atoms with E-state index in [0.29, 0.717) is 5.92 Å². The van der Waals surface area contributed by atoms with Crippen molar-refractivity contribution in [3.05, 3.63) is 16.3 Å². The summed E-state index contributed by atoms with van der Waals surface area (Å²) < 4.78 is 0. The van der Waals surface area contributed by atoms with E-state index in [1.165, 1.54) is 35.1 Å². The highest BCUT2D eigenvalue weighted by molar-refractivity contribution is 7.18. The van der Waals surface area contributed by atoms with Crippen LogP contribution in [0.25, 0.3) is 10.2 Å². The first-order valence-electron chi connectivity index (χ1n) is 6.72.